The fourth-order valence-corrected chi connectivity index (χ4v) is 3.98. The zero-order chi connectivity index (χ0) is 15.0. The first-order chi connectivity index (χ1) is 10.7. The third kappa shape index (κ3) is 1.20. The third-order valence-electron chi connectivity index (χ3n) is 4.80. The van der Waals surface area contributed by atoms with Gasteiger partial charge in [0.2, 0.25) is 0 Å². The second kappa shape index (κ2) is 3.68. The summed E-state index contributed by atoms with van der Waals surface area (Å²) >= 11 is 0. The van der Waals surface area contributed by atoms with Crippen LogP contribution in [0.5, 0.6) is 5.75 Å². The Kier molecular flexibility index (Phi) is 1.97. The summed E-state index contributed by atoms with van der Waals surface area (Å²) in [6.45, 7) is 0. The number of nitrogens with one attached hydrogen (secondary N) is 2. The maximum absolute atomic E-state index is 12.3. The molecule has 0 radical (unpaired) electrons. The number of imide groups is 1. The van der Waals surface area contributed by atoms with E-state index < -0.39 is 0 Å². The van der Waals surface area contributed by atoms with Crippen LogP contribution in [0.3, 0.4) is 0 Å². The number of H-pyrrole nitrogens is 1. The highest BCUT2D eigenvalue weighted by atomic mass is 16.3. The van der Waals surface area contributed by atoms with Crippen LogP contribution < -0.4 is 5.32 Å². The van der Waals surface area contributed by atoms with Crippen LogP contribution in [0.25, 0.3) is 21.8 Å². The van der Waals surface area contributed by atoms with Crippen LogP contribution in [0.2, 0.25) is 0 Å². The van der Waals surface area contributed by atoms with Gasteiger partial charge in [0.25, 0.3) is 11.8 Å². The van der Waals surface area contributed by atoms with E-state index in [0.29, 0.717) is 21.9 Å². The summed E-state index contributed by atoms with van der Waals surface area (Å²) in [6, 6.07) is 5.24. The number of benzene rings is 2. The van der Waals surface area contributed by atoms with E-state index in [1.54, 1.807) is 12.1 Å². The number of aromatic amines is 1. The van der Waals surface area contributed by atoms with E-state index in [4.69, 9.17) is 0 Å². The maximum atomic E-state index is 12.3. The van der Waals surface area contributed by atoms with Crippen molar-refractivity contribution in [2.45, 2.75) is 19.3 Å². The van der Waals surface area contributed by atoms with Crippen molar-refractivity contribution in [1.29, 1.82) is 0 Å². The van der Waals surface area contributed by atoms with Gasteiger partial charge in [-0.25, -0.2) is 0 Å². The molecule has 5 heteroatoms. The Bertz CT molecular complexity index is 1030. The molecule has 1 aliphatic heterocycles. The fourth-order valence-electron chi connectivity index (χ4n) is 3.98. The van der Waals surface area contributed by atoms with Crippen molar-refractivity contribution >= 4 is 33.6 Å². The lowest BCUT2D eigenvalue weighted by Crippen LogP contribution is -2.20. The van der Waals surface area contributed by atoms with E-state index in [2.05, 4.69) is 10.3 Å². The molecule has 0 saturated carbocycles. The van der Waals surface area contributed by atoms with Gasteiger partial charge >= 0.3 is 0 Å². The Hall–Kier alpha value is -2.82. The SMILES string of the molecule is O=C1NC(=O)c2c1c1c(c3[nH]c4cccc(O)c4c23)CCC1. The number of aromatic hydroxyl groups is 1. The predicted molar refractivity (Wildman–Crippen MR) is 81.3 cm³/mol. The summed E-state index contributed by atoms with van der Waals surface area (Å²) in [5.74, 6) is -0.565. The molecule has 2 amide bonds. The van der Waals surface area contributed by atoms with Gasteiger partial charge in [-0.3, -0.25) is 14.9 Å². The molecule has 2 aliphatic rings. The van der Waals surface area contributed by atoms with E-state index in [9.17, 15) is 14.7 Å². The maximum Gasteiger partial charge on any atom is 0.259 e. The normalized spacial score (nSPS) is 16.4. The first kappa shape index (κ1) is 11.8. The van der Waals surface area contributed by atoms with E-state index in [1.165, 1.54) is 0 Å². The van der Waals surface area contributed by atoms with Gasteiger partial charge in [-0.1, -0.05) is 6.07 Å². The molecular weight excluding hydrogens is 280 g/mol. The minimum Gasteiger partial charge on any atom is -0.507 e. The molecule has 1 aliphatic carbocycles. The van der Waals surface area contributed by atoms with Gasteiger partial charge in [-0.05, 0) is 42.5 Å². The largest absolute Gasteiger partial charge is 0.507 e. The Morgan fingerprint density at radius 2 is 1.73 bits per heavy atom. The van der Waals surface area contributed by atoms with Crippen LogP contribution in [-0.4, -0.2) is 21.9 Å². The fraction of sp³-hybridized carbons (Fsp3) is 0.176. The predicted octanol–water partition coefficient (Wildman–Crippen LogP) is 2.40. The average Bonchev–Trinajstić information content (AvgIpc) is 3.14. The van der Waals surface area contributed by atoms with E-state index in [-0.39, 0.29) is 17.6 Å². The minimum absolute atomic E-state index is 0.121. The van der Waals surface area contributed by atoms with Crippen molar-refractivity contribution in [2.75, 3.05) is 0 Å². The quantitative estimate of drug-likeness (QED) is 0.556. The van der Waals surface area contributed by atoms with Gasteiger partial charge in [0, 0.05) is 10.8 Å². The van der Waals surface area contributed by atoms with Gasteiger partial charge in [0.05, 0.1) is 22.2 Å². The monoisotopic (exact) mass is 292 g/mol. The van der Waals surface area contributed by atoms with E-state index in [0.717, 1.165) is 41.4 Å². The first-order valence-corrected chi connectivity index (χ1v) is 7.33. The zero-order valence-electron chi connectivity index (χ0n) is 11.6. The lowest BCUT2D eigenvalue weighted by atomic mass is 9.93. The molecule has 22 heavy (non-hydrogen) atoms. The number of phenols is 1. The minimum atomic E-state index is -0.371. The Morgan fingerprint density at radius 3 is 2.59 bits per heavy atom. The van der Waals surface area contributed by atoms with Crippen molar-refractivity contribution in [3.8, 4) is 5.75 Å². The number of carbonyl (C=O) groups excluding carboxylic acids is 2. The number of amides is 2. The number of fused-ring (bicyclic) bond motifs is 8. The van der Waals surface area contributed by atoms with Gasteiger partial charge in [0.1, 0.15) is 5.75 Å². The summed E-state index contributed by atoms with van der Waals surface area (Å²) in [6.07, 6.45) is 2.67. The van der Waals surface area contributed by atoms with Crippen LogP contribution in [0, 0.1) is 0 Å². The number of rotatable bonds is 0. The van der Waals surface area contributed by atoms with Crippen LogP contribution in [0.4, 0.5) is 0 Å². The summed E-state index contributed by atoms with van der Waals surface area (Å²) in [5.41, 5.74) is 4.67. The van der Waals surface area contributed by atoms with Gasteiger partial charge in [-0.2, -0.15) is 0 Å². The Labute approximate surface area is 124 Å². The molecule has 5 nitrogen and oxygen atoms in total. The summed E-state index contributed by atoms with van der Waals surface area (Å²) in [7, 11) is 0. The van der Waals surface area contributed by atoms with Gasteiger partial charge in [0.15, 0.2) is 0 Å². The average molecular weight is 292 g/mol. The molecule has 0 bridgehead atoms. The molecule has 0 saturated heterocycles. The summed E-state index contributed by atoms with van der Waals surface area (Å²) in [4.78, 5) is 27.9. The molecular formula is C17H12N2O3. The molecule has 0 unspecified atom stereocenters. The Balaban J connectivity index is 2.13. The van der Waals surface area contributed by atoms with Crippen LogP contribution in [-0.2, 0) is 12.8 Å². The molecule has 108 valence electrons. The van der Waals surface area contributed by atoms with Crippen LogP contribution in [0.15, 0.2) is 18.2 Å². The Morgan fingerprint density at radius 1 is 0.955 bits per heavy atom. The molecule has 2 aromatic carbocycles. The van der Waals surface area contributed by atoms with Crippen molar-refractivity contribution in [3.05, 3.63) is 40.5 Å². The molecule has 0 atom stereocenters. The lowest BCUT2D eigenvalue weighted by molar-refractivity contribution is 0.0880. The first-order valence-electron chi connectivity index (χ1n) is 7.33. The topological polar surface area (TPSA) is 82.2 Å². The molecule has 0 fully saturated rings. The van der Waals surface area contributed by atoms with Gasteiger partial charge < -0.3 is 10.1 Å². The zero-order valence-corrected chi connectivity index (χ0v) is 11.6. The smallest absolute Gasteiger partial charge is 0.259 e. The number of hydrogen-bond acceptors (Lipinski definition) is 3. The van der Waals surface area contributed by atoms with Crippen molar-refractivity contribution in [3.63, 3.8) is 0 Å². The van der Waals surface area contributed by atoms with Crippen molar-refractivity contribution in [1.82, 2.24) is 10.3 Å². The van der Waals surface area contributed by atoms with E-state index >= 15 is 0 Å². The summed E-state index contributed by atoms with van der Waals surface area (Å²) in [5, 5.41) is 14.0. The highest BCUT2D eigenvalue weighted by Crippen LogP contribution is 2.43. The number of aromatic nitrogens is 1. The van der Waals surface area contributed by atoms with Gasteiger partial charge in [-0.15, -0.1) is 0 Å². The number of hydrogen-bond donors (Lipinski definition) is 3. The van der Waals surface area contributed by atoms with Crippen LogP contribution in [0.1, 0.15) is 38.3 Å². The van der Waals surface area contributed by atoms with Crippen LogP contribution >= 0.6 is 0 Å². The third-order valence-corrected chi connectivity index (χ3v) is 4.80. The van der Waals surface area contributed by atoms with E-state index in [1.807, 2.05) is 6.07 Å². The second-order valence-electron chi connectivity index (χ2n) is 5.92. The van der Waals surface area contributed by atoms with Crippen molar-refractivity contribution < 1.29 is 14.7 Å². The number of aryl methyl sites for hydroxylation is 1. The highest BCUT2D eigenvalue weighted by Gasteiger charge is 2.36. The number of carbonyl (C=O) groups is 2. The molecule has 0 spiro atoms. The van der Waals surface area contributed by atoms with Crippen molar-refractivity contribution in [2.24, 2.45) is 0 Å². The molecule has 3 N–H and O–H groups in total. The highest BCUT2D eigenvalue weighted by molar-refractivity contribution is 6.31. The second-order valence-corrected chi connectivity index (χ2v) is 5.92. The standard InChI is InChI=1S/C17H12N2O3/c20-10-6-2-5-9-12(10)13-14-11(16(21)19-17(14)22)7-3-1-4-8(7)15(13)18-9/h2,5-6,18,20H,1,3-4H2,(H,19,21,22). The lowest BCUT2D eigenvalue weighted by Gasteiger charge is -2.07. The molecule has 3 aromatic rings. The molecule has 5 rings (SSSR count). The number of phenolic OH excluding ortho intramolecular Hbond substituents is 1. The molecule has 1 aromatic heterocycles. The summed E-state index contributed by atoms with van der Waals surface area (Å²) < 4.78 is 0. The molecule has 2 heterocycles.